The number of aliphatic hydroxyl groups is 1. The summed E-state index contributed by atoms with van der Waals surface area (Å²) in [7, 11) is 0. The fourth-order valence-electron chi connectivity index (χ4n) is 7.80. The van der Waals surface area contributed by atoms with Crippen molar-refractivity contribution in [2.45, 2.75) is 37.0 Å². The van der Waals surface area contributed by atoms with Crippen LogP contribution in [0.3, 0.4) is 0 Å². The number of amides is 3. The molecule has 0 saturated carbocycles. The molecule has 4 aromatic rings. The fourth-order valence-corrected chi connectivity index (χ4v) is 7.80. The van der Waals surface area contributed by atoms with Crippen molar-refractivity contribution in [2.24, 2.45) is 11.8 Å². The summed E-state index contributed by atoms with van der Waals surface area (Å²) in [6.07, 6.45) is 6.73. The van der Waals surface area contributed by atoms with Gasteiger partial charge >= 0.3 is 0 Å². The van der Waals surface area contributed by atoms with Crippen LogP contribution in [0.1, 0.15) is 17.2 Å². The number of fused-ring (bicyclic) bond motifs is 3. The van der Waals surface area contributed by atoms with E-state index in [0.717, 1.165) is 11.1 Å². The number of hydrogen-bond acceptors (Lipinski definition) is 7. The molecule has 0 aliphatic carbocycles. The van der Waals surface area contributed by atoms with E-state index in [4.69, 9.17) is 4.74 Å². The largest absolute Gasteiger partial charge is 0.394 e. The molecule has 1 spiro atoms. The molecule has 11 nitrogen and oxygen atoms in total. The Morgan fingerprint density at radius 2 is 1.57 bits per heavy atom. The number of carbonyl (C=O) groups is 3. The summed E-state index contributed by atoms with van der Waals surface area (Å²) in [5, 5.41) is 19.4. The van der Waals surface area contributed by atoms with Crippen LogP contribution in [0, 0.1) is 11.8 Å². The molecular formula is C36H34N6O5. The van der Waals surface area contributed by atoms with Gasteiger partial charge in [-0.2, -0.15) is 0 Å². The number of nitrogens with zero attached hydrogens (tertiary/aromatic N) is 6. The molecule has 3 amide bonds. The number of aliphatic hydroxyl groups excluding tert-OH is 1. The zero-order valence-electron chi connectivity index (χ0n) is 25.6. The first-order chi connectivity index (χ1) is 23.0. The summed E-state index contributed by atoms with van der Waals surface area (Å²) < 4.78 is 8.48. The third-order valence-electron chi connectivity index (χ3n) is 9.90. The Balaban J connectivity index is 1.21. The second-order valence-electron chi connectivity index (χ2n) is 12.5. The van der Waals surface area contributed by atoms with E-state index in [9.17, 15) is 19.5 Å². The highest BCUT2D eigenvalue weighted by atomic mass is 16.5. The SMILES string of the molecule is O=C1C2N([C@H](CO)c3ccccc3)C(=O)[C@@H]3[C@H]4C(=O)N(Cc5ccccc5)CC=C[C@H]4O[C@]23C=CCN1Cn1nnc2ccccc21. The van der Waals surface area contributed by atoms with Gasteiger partial charge in [-0.05, 0) is 23.3 Å². The van der Waals surface area contributed by atoms with Crippen LogP contribution in [-0.4, -0.2) is 90.0 Å². The molecule has 8 rings (SSSR count). The Bertz CT molecular complexity index is 1890. The van der Waals surface area contributed by atoms with Crippen LogP contribution < -0.4 is 0 Å². The van der Waals surface area contributed by atoms with E-state index in [1.54, 1.807) is 14.5 Å². The number of likely N-dealkylation sites (tertiary alicyclic amines) is 1. The molecule has 238 valence electrons. The predicted octanol–water partition coefficient (Wildman–Crippen LogP) is 2.70. The van der Waals surface area contributed by atoms with Crippen LogP contribution in [0.2, 0.25) is 0 Å². The lowest BCUT2D eigenvalue weighted by atomic mass is 9.77. The van der Waals surface area contributed by atoms with Gasteiger partial charge in [0.05, 0.1) is 36.1 Å². The fraction of sp³-hybridized carbons (Fsp3) is 0.306. The molecule has 4 aliphatic rings. The van der Waals surface area contributed by atoms with Gasteiger partial charge in [0, 0.05) is 19.6 Å². The predicted molar refractivity (Wildman–Crippen MR) is 171 cm³/mol. The third kappa shape index (κ3) is 4.68. The molecule has 2 saturated heterocycles. The monoisotopic (exact) mass is 630 g/mol. The molecule has 6 atom stereocenters. The normalized spacial score (nSPS) is 27.5. The Morgan fingerprint density at radius 1 is 0.851 bits per heavy atom. The van der Waals surface area contributed by atoms with Crippen molar-refractivity contribution < 1.29 is 24.2 Å². The molecular weight excluding hydrogens is 596 g/mol. The zero-order chi connectivity index (χ0) is 32.1. The quantitative estimate of drug-likeness (QED) is 0.312. The van der Waals surface area contributed by atoms with Gasteiger partial charge in [0.15, 0.2) is 0 Å². The number of aromatic nitrogens is 3. The van der Waals surface area contributed by atoms with Crippen LogP contribution in [-0.2, 0) is 32.3 Å². The molecule has 1 N–H and O–H groups in total. The molecule has 0 bridgehead atoms. The maximum absolute atomic E-state index is 14.9. The Labute approximate surface area is 271 Å². The van der Waals surface area contributed by atoms with Crippen molar-refractivity contribution in [1.29, 1.82) is 0 Å². The molecule has 3 aromatic carbocycles. The highest BCUT2D eigenvalue weighted by Gasteiger charge is 2.72. The summed E-state index contributed by atoms with van der Waals surface area (Å²) in [5.74, 6) is -2.77. The van der Waals surface area contributed by atoms with Gasteiger partial charge in [-0.3, -0.25) is 14.4 Å². The number of hydrogen-bond donors (Lipinski definition) is 1. The number of ether oxygens (including phenoxy) is 1. The van der Waals surface area contributed by atoms with E-state index in [1.165, 1.54) is 4.90 Å². The lowest BCUT2D eigenvalue weighted by Crippen LogP contribution is -2.56. The van der Waals surface area contributed by atoms with Crippen LogP contribution in [0.4, 0.5) is 0 Å². The van der Waals surface area contributed by atoms with E-state index >= 15 is 0 Å². The summed E-state index contributed by atoms with van der Waals surface area (Å²) in [6, 6.07) is 24.4. The van der Waals surface area contributed by atoms with Crippen molar-refractivity contribution >= 4 is 28.8 Å². The van der Waals surface area contributed by atoms with Gasteiger partial charge in [-0.25, -0.2) is 4.68 Å². The summed E-state index contributed by atoms with van der Waals surface area (Å²) in [6.45, 7) is 0.670. The summed E-state index contributed by atoms with van der Waals surface area (Å²) in [5.41, 5.74) is 1.70. The topological polar surface area (TPSA) is 121 Å². The standard InChI is InChI=1S/C36H34N6O5/c43-22-28(25-13-5-2-6-14-25)42-32-35(46)40(23-41-27-16-8-7-15-26(27)37-38-41)20-10-18-36(32)31(34(42)45)30-29(47-36)17-9-19-39(33(30)44)21-24-11-3-1-4-12-24/h1-18,28-32,43H,19-23H2/t28-,29-,30+,31+,32?,36+/m1/s1. The summed E-state index contributed by atoms with van der Waals surface area (Å²) in [4.78, 5) is 49.0. The Hall–Kier alpha value is -5.13. The number of para-hydroxylation sites is 1. The van der Waals surface area contributed by atoms with Gasteiger partial charge in [-0.1, -0.05) is 102 Å². The molecule has 47 heavy (non-hydrogen) atoms. The zero-order valence-corrected chi connectivity index (χ0v) is 25.6. The maximum atomic E-state index is 14.9. The van der Waals surface area contributed by atoms with E-state index in [-0.39, 0.29) is 30.9 Å². The average molecular weight is 631 g/mol. The van der Waals surface area contributed by atoms with Gasteiger partial charge < -0.3 is 24.5 Å². The molecule has 2 fully saturated rings. The highest BCUT2D eigenvalue weighted by Crippen LogP contribution is 2.55. The molecule has 11 heteroatoms. The second kappa shape index (κ2) is 11.6. The van der Waals surface area contributed by atoms with E-state index in [0.29, 0.717) is 24.2 Å². The third-order valence-corrected chi connectivity index (χ3v) is 9.90. The van der Waals surface area contributed by atoms with Gasteiger partial charge in [0.2, 0.25) is 11.8 Å². The second-order valence-corrected chi connectivity index (χ2v) is 12.5. The first-order valence-corrected chi connectivity index (χ1v) is 15.9. The average Bonchev–Trinajstić information content (AvgIpc) is 3.66. The van der Waals surface area contributed by atoms with Crippen LogP contribution >= 0.6 is 0 Å². The molecule has 1 unspecified atom stereocenters. The highest BCUT2D eigenvalue weighted by molar-refractivity contribution is 6.00. The van der Waals surface area contributed by atoms with Crippen LogP contribution in [0.5, 0.6) is 0 Å². The number of carbonyl (C=O) groups excluding carboxylic acids is 3. The maximum Gasteiger partial charge on any atom is 0.250 e. The van der Waals surface area contributed by atoms with Crippen molar-refractivity contribution in [3.8, 4) is 0 Å². The Kier molecular flexibility index (Phi) is 7.22. The molecule has 5 heterocycles. The van der Waals surface area contributed by atoms with Gasteiger partial charge in [-0.15, -0.1) is 5.10 Å². The molecule has 1 aromatic heterocycles. The van der Waals surface area contributed by atoms with Crippen LogP contribution in [0.15, 0.2) is 109 Å². The minimum atomic E-state index is -1.43. The summed E-state index contributed by atoms with van der Waals surface area (Å²) >= 11 is 0. The smallest absolute Gasteiger partial charge is 0.250 e. The number of benzene rings is 3. The molecule has 0 radical (unpaired) electrons. The van der Waals surface area contributed by atoms with Crippen molar-refractivity contribution in [3.63, 3.8) is 0 Å². The number of rotatable bonds is 7. The van der Waals surface area contributed by atoms with E-state index in [2.05, 4.69) is 10.3 Å². The lowest BCUT2D eigenvalue weighted by molar-refractivity contribution is -0.152. The van der Waals surface area contributed by atoms with Crippen molar-refractivity contribution in [2.75, 3.05) is 19.7 Å². The first-order valence-electron chi connectivity index (χ1n) is 15.9. The minimum Gasteiger partial charge on any atom is -0.394 e. The van der Waals surface area contributed by atoms with Gasteiger partial charge in [0.1, 0.15) is 23.8 Å². The van der Waals surface area contributed by atoms with Gasteiger partial charge in [0.25, 0.3) is 5.91 Å². The van der Waals surface area contributed by atoms with E-state index < -0.39 is 42.2 Å². The van der Waals surface area contributed by atoms with E-state index in [1.807, 2.05) is 109 Å². The van der Waals surface area contributed by atoms with Crippen molar-refractivity contribution in [3.05, 3.63) is 120 Å². The minimum absolute atomic E-state index is 0.0919. The molecule has 4 aliphatic heterocycles. The Morgan fingerprint density at radius 3 is 2.36 bits per heavy atom. The van der Waals surface area contributed by atoms with Crippen LogP contribution in [0.25, 0.3) is 11.0 Å². The van der Waals surface area contributed by atoms with Crippen molar-refractivity contribution in [1.82, 2.24) is 29.7 Å². The lowest BCUT2D eigenvalue weighted by Gasteiger charge is -2.38. The first kappa shape index (κ1) is 29.3.